The molecule has 0 fully saturated rings. The van der Waals surface area contributed by atoms with Gasteiger partial charge in [0.1, 0.15) is 11.6 Å². The Balaban J connectivity index is 1.97. The molecule has 1 heterocycles. The van der Waals surface area contributed by atoms with Gasteiger partial charge in [0.15, 0.2) is 0 Å². The van der Waals surface area contributed by atoms with Crippen LogP contribution in [0.2, 0.25) is 0 Å². The van der Waals surface area contributed by atoms with Crippen LogP contribution in [0.15, 0.2) is 41.6 Å². The van der Waals surface area contributed by atoms with E-state index in [2.05, 4.69) is 21.4 Å². The van der Waals surface area contributed by atoms with Crippen molar-refractivity contribution in [2.24, 2.45) is 0 Å². The highest BCUT2D eigenvalue weighted by Crippen LogP contribution is 2.25. The lowest BCUT2D eigenvalue weighted by molar-refractivity contribution is 0.413. The van der Waals surface area contributed by atoms with E-state index in [9.17, 15) is 0 Å². The van der Waals surface area contributed by atoms with Crippen molar-refractivity contribution in [3.8, 4) is 5.75 Å². The highest BCUT2D eigenvalue weighted by Gasteiger charge is 2.00. The number of nitrogens with zero attached hydrogens (tertiary/aromatic N) is 2. The van der Waals surface area contributed by atoms with Gasteiger partial charge < -0.3 is 10.1 Å². The molecule has 94 valence electrons. The van der Waals surface area contributed by atoms with E-state index in [-0.39, 0.29) is 0 Å². The standard InChI is InChI=1S/C13H15N3OS/c1-14-13-8-15-10(7-16-13)9-18-12-5-3-4-11(6-12)17-2/h3-8H,9H2,1-2H3,(H,14,16). The van der Waals surface area contributed by atoms with Crippen molar-refractivity contribution in [3.05, 3.63) is 42.4 Å². The average Bonchev–Trinajstić information content (AvgIpc) is 2.46. The summed E-state index contributed by atoms with van der Waals surface area (Å²) in [5.41, 5.74) is 0.960. The maximum absolute atomic E-state index is 5.19. The molecule has 0 bridgehead atoms. The van der Waals surface area contributed by atoms with E-state index in [1.807, 2.05) is 25.2 Å². The molecule has 0 aliphatic heterocycles. The first-order valence-electron chi connectivity index (χ1n) is 5.57. The summed E-state index contributed by atoms with van der Waals surface area (Å²) in [7, 11) is 3.50. The van der Waals surface area contributed by atoms with Gasteiger partial charge >= 0.3 is 0 Å². The van der Waals surface area contributed by atoms with Crippen LogP contribution in [0.4, 0.5) is 5.82 Å². The smallest absolute Gasteiger partial charge is 0.144 e. The molecule has 0 saturated carbocycles. The minimum absolute atomic E-state index is 0.783. The van der Waals surface area contributed by atoms with Crippen LogP contribution in [0.25, 0.3) is 0 Å². The third kappa shape index (κ3) is 3.37. The zero-order valence-corrected chi connectivity index (χ0v) is 11.2. The maximum Gasteiger partial charge on any atom is 0.144 e. The molecule has 0 aliphatic rings. The lowest BCUT2D eigenvalue weighted by Crippen LogP contribution is -1.95. The first-order valence-corrected chi connectivity index (χ1v) is 6.56. The molecule has 5 heteroatoms. The fourth-order valence-corrected chi connectivity index (χ4v) is 2.24. The van der Waals surface area contributed by atoms with Gasteiger partial charge in [-0.3, -0.25) is 4.98 Å². The topological polar surface area (TPSA) is 47.0 Å². The Bertz CT molecular complexity index is 502. The summed E-state index contributed by atoms with van der Waals surface area (Å²) in [4.78, 5) is 9.72. The molecule has 4 nitrogen and oxygen atoms in total. The van der Waals surface area contributed by atoms with Crippen LogP contribution in [0.1, 0.15) is 5.69 Å². The number of thioether (sulfide) groups is 1. The van der Waals surface area contributed by atoms with Gasteiger partial charge in [-0.25, -0.2) is 4.98 Å². The Morgan fingerprint density at radius 3 is 2.83 bits per heavy atom. The number of nitrogens with one attached hydrogen (secondary N) is 1. The second kappa shape index (κ2) is 6.26. The van der Waals surface area contributed by atoms with Crippen LogP contribution in [0, 0.1) is 0 Å². The lowest BCUT2D eigenvalue weighted by Gasteiger charge is -2.04. The van der Waals surface area contributed by atoms with Crippen molar-refractivity contribution in [2.75, 3.05) is 19.5 Å². The number of methoxy groups -OCH3 is 1. The number of benzene rings is 1. The van der Waals surface area contributed by atoms with Gasteiger partial charge in [-0.15, -0.1) is 11.8 Å². The molecule has 1 N–H and O–H groups in total. The van der Waals surface area contributed by atoms with Gasteiger partial charge in [-0.05, 0) is 18.2 Å². The van der Waals surface area contributed by atoms with Gasteiger partial charge in [0.2, 0.25) is 0 Å². The number of ether oxygens (including phenoxy) is 1. The van der Waals surface area contributed by atoms with Crippen LogP contribution in [0.5, 0.6) is 5.75 Å². The van der Waals surface area contributed by atoms with Crippen molar-refractivity contribution < 1.29 is 4.74 Å². The summed E-state index contributed by atoms with van der Waals surface area (Å²) >= 11 is 1.71. The molecule has 1 aromatic heterocycles. The molecule has 0 atom stereocenters. The van der Waals surface area contributed by atoms with E-state index in [0.717, 1.165) is 27.9 Å². The Hall–Kier alpha value is -1.75. The maximum atomic E-state index is 5.19. The normalized spacial score (nSPS) is 10.1. The van der Waals surface area contributed by atoms with Crippen molar-refractivity contribution in [1.29, 1.82) is 0 Å². The minimum atomic E-state index is 0.783. The number of aromatic nitrogens is 2. The van der Waals surface area contributed by atoms with E-state index in [0.29, 0.717) is 0 Å². The molecule has 0 aliphatic carbocycles. The quantitative estimate of drug-likeness (QED) is 0.839. The molecular weight excluding hydrogens is 246 g/mol. The van der Waals surface area contributed by atoms with Crippen molar-refractivity contribution in [2.45, 2.75) is 10.6 Å². The molecule has 2 aromatic rings. The largest absolute Gasteiger partial charge is 0.497 e. The summed E-state index contributed by atoms with van der Waals surface area (Å²) in [5, 5.41) is 2.95. The Morgan fingerprint density at radius 2 is 2.17 bits per heavy atom. The molecular formula is C13H15N3OS. The van der Waals surface area contributed by atoms with E-state index in [1.165, 1.54) is 0 Å². The summed E-state index contributed by atoms with van der Waals surface area (Å²) < 4.78 is 5.19. The fraction of sp³-hybridized carbons (Fsp3) is 0.231. The van der Waals surface area contributed by atoms with Gasteiger partial charge in [0, 0.05) is 17.7 Å². The van der Waals surface area contributed by atoms with Gasteiger partial charge in [0.05, 0.1) is 25.2 Å². The second-order valence-corrected chi connectivity index (χ2v) is 4.66. The van der Waals surface area contributed by atoms with Crippen LogP contribution in [-0.4, -0.2) is 24.1 Å². The fourth-order valence-electron chi connectivity index (χ4n) is 1.41. The summed E-state index contributed by atoms with van der Waals surface area (Å²) in [6.07, 6.45) is 3.53. The van der Waals surface area contributed by atoms with Crippen LogP contribution in [-0.2, 0) is 5.75 Å². The van der Waals surface area contributed by atoms with Crippen LogP contribution >= 0.6 is 11.8 Å². The van der Waals surface area contributed by atoms with Gasteiger partial charge in [-0.2, -0.15) is 0 Å². The monoisotopic (exact) mass is 261 g/mol. The molecule has 0 saturated heterocycles. The summed E-state index contributed by atoms with van der Waals surface area (Å²) in [6, 6.07) is 7.99. The summed E-state index contributed by atoms with van der Waals surface area (Å²) in [6.45, 7) is 0. The van der Waals surface area contributed by atoms with E-state index >= 15 is 0 Å². The molecule has 0 unspecified atom stereocenters. The van der Waals surface area contributed by atoms with E-state index in [4.69, 9.17) is 4.74 Å². The minimum Gasteiger partial charge on any atom is -0.497 e. The second-order valence-electron chi connectivity index (χ2n) is 3.61. The van der Waals surface area contributed by atoms with Crippen molar-refractivity contribution >= 4 is 17.6 Å². The van der Waals surface area contributed by atoms with Crippen molar-refractivity contribution in [1.82, 2.24) is 9.97 Å². The lowest BCUT2D eigenvalue weighted by atomic mass is 10.3. The van der Waals surface area contributed by atoms with E-state index in [1.54, 1.807) is 31.3 Å². The predicted octanol–water partition coefficient (Wildman–Crippen LogP) is 2.82. The number of rotatable bonds is 5. The van der Waals surface area contributed by atoms with Crippen LogP contribution in [0.3, 0.4) is 0 Å². The Labute approximate surface area is 111 Å². The third-order valence-electron chi connectivity index (χ3n) is 2.39. The molecule has 0 amide bonds. The molecule has 0 radical (unpaired) electrons. The summed E-state index contributed by atoms with van der Waals surface area (Å²) in [5.74, 6) is 2.45. The Morgan fingerprint density at radius 1 is 1.28 bits per heavy atom. The molecule has 2 rings (SSSR count). The number of hydrogen-bond acceptors (Lipinski definition) is 5. The van der Waals surface area contributed by atoms with E-state index < -0.39 is 0 Å². The third-order valence-corrected chi connectivity index (χ3v) is 3.42. The van der Waals surface area contributed by atoms with Crippen LogP contribution < -0.4 is 10.1 Å². The number of hydrogen-bond donors (Lipinski definition) is 1. The highest BCUT2D eigenvalue weighted by atomic mass is 32.2. The van der Waals surface area contributed by atoms with Crippen molar-refractivity contribution in [3.63, 3.8) is 0 Å². The molecule has 0 spiro atoms. The SMILES string of the molecule is CNc1cnc(CSc2cccc(OC)c2)cn1. The first-order chi connectivity index (χ1) is 8.81. The highest BCUT2D eigenvalue weighted by molar-refractivity contribution is 7.98. The molecule has 1 aromatic carbocycles. The number of anilines is 1. The molecule has 18 heavy (non-hydrogen) atoms. The average molecular weight is 261 g/mol. The van der Waals surface area contributed by atoms with Gasteiger partial charge in [0.25, 0.3) is 0 Å². The first kappa shape index (κ1) is 12.7. The van der Waals surface area contributed by atoms with Gasteiger partial charge in [-0.1, -0.05) is 6.07 Å². The Kier molecular flexibility index (Phi) is 4.41. The predicted molar refractivity (Wildman–Crippen MR) is 74.1 cm³/mol. The zero-order chi connectivity index (χ0) is 12.8. The zero-order valence-electron chi connectivity index (χ0n) is 10.4.